The Hall–Kier alpha value is -0.619. The Labute approximate surface area is 378 Å². The Bertz CT molecular complexity index is 1260. The van der Waals surface area contributed by atoms with E-state index >= 15 is 0 Å². The van der Waals surface area contributed by atoms with Crippen molar-refractivity contribution in [2.45, 2.75) is 177 Å². The minimum Gasteiger partial charge on any atom is -0.452 e. The molecule has 0 aromatic heterocycles. The summed E-state index contributed by atoms with van der Waals surface area (Å²) in [4.78, 5) is 0. The molecule has 0 aliphatic rings. The summed E-state index contributed by atoms with van der Waals surface area (Å²) in [7, 11) is -12.3. The summed E-state index contributed by atoms with van der Waals surface area (Å²) >= 11 is 0. The Morgan fingerprint density at radius 2 is 0.533 bits per heavy atom. The van der Waals surface area contributed by atoms with Gasteiger partial charge >= 0.3 is 25.7 Å². The van der Waals surface area contributed by atoms with E-state index in [-0.39, 0.29) is 17.2 Å². The van der Waals surface area contributed by atoms with Crippen molar-refractivity contribution in [1.82, 2.24) is 0 Å². The lowest BCUT2D eigenvalue weighted by molar-refractivity contribution is 0.0938. The van der Waals surface area contributed by atoms with Crippen LogP contribution < -0.4 is 0 Å². The highest BCUT2D eigenvalue weighted by atomic mass is 28.5. The second-order valence-corrected chi connectivity index (χ2v) is 42.8. The monoisotopic (exact) mass is 949 g/mol. The van der Waals surface area contributed by atoms with Gasteiger partial charge in [-0.3, -0.25) is 0 Å². The third-order valence-corrected chi connectivity index (χ3v) is 29.7. The molecule has 3 unspecified atom stereocenters. The largest absolute Gasteiger partial charge is 0.452 e. The SMILES string of the molecule is C=C(C)COC(CC)[Si](C)(C)O[Si](C)(C)C(CC)OCC(=C)C.C=C(C)COC(CC)[Si](C)(C)O[Si](C)(C)OCC(=C)C.C=C(C)CO[Si](C)(C)O[Si](C)(C)OCC(=C)C. The fraction of sp³-hybridized carbons (Fsp3) is 0.733. The summed E-state index contributed by atoms with van der Waals surface area (Å²) < 4.78 is 54.9. The summed E-state index contributed by atoms with van der Waals surface area (Å²) in [5.41, 5.74) is 6.74. The van der Waals surface area contributed by atoms with Gasteiger partial charge in [0.2, 0.25) is 25.0 Å². The first-order valence-corrected chi connectivity index (χ1v) is 39.1. The zero-order valence-corrected chi connectivity index (χ0v) is 49.0. The maximum Gasteiger partial charge on any atom is 0.323 e. The minimum atomic E-state index is -2.14. The van der Waals surface area contributed by atoms with E-state index in [0.717, 1.165) is 52.7 Å². The van der Waals surface area contributed by atoms with E-state index in [9.17, 15) is 0 Å². The maximum absolute atomic E-state index is 6.76. The first-order valence-electron chi connectivity index (χ1n) is 21.7. The van der Waals surface area contributed by atoms with Gasteiger partial charge in [-0.25, -0.2) is 0 Å². The molecule has 60 heavy (non-hydrogen) atoms. The van der Waals surface area contributed by atoms with Crippen LogP contribution >= 0.6 is 0 Å². The van der Waals surface area contributed by atoms with Gasteiger partial charge in [-0.1, -0.05) is 93.7 Å². The molecule has 0 aromatic carbocycles. The predicted octanol–water partition coefficient (Wildman–Crippen LogP) is 13.2. The van der Waals surface area contributed by atoms with Crippen LogP contribution in [-0.4, -0.2) is 107 Å². The summed E-state index contributed by atoms with van der Waals surface area (Å²) in [6.07, 6.45) is 2.90. The molecule has 354 valence electrons. The molecule has 0 bridgehead atoms. The highest BCUT2D eigenvalue weighted by Crippen LogP contribution is 2.27. The number of hydrogen-bond acceptors (Lipinski definition) is 9. The molecule has 0 saturated heterocycles. The van der Waals surface area contributed by atoms with E-state index in [4.69, 9.17) is 39.8 Å². The quantitative estimate of drug-likeness (QED) is 0.0516. The van der Waals surface area contributed by atoms with Crippen molar-refractivity contribution in [3.63, 3.8) is 0 Å². The van der Waals surface area contributed by atoms with E-state index in [1.807, 2.05) is 67.7 Å². The second kappa shape index (κ2) is 29.8. The van der Waals surface area contributed by atoms with E-state index in [1.165, 1.54) is 0 Å². The van der Waals surface area contributed by atoms with Gasteiger partial charge in [0.25, 0.3) is 0 Å². The van der Waals surface area contributed by atoms with Crippen LogP contribution in [0, 0.1) is 0 Å². The van der Waals surface area contributed by atoms with Crippen molar-refractivity contribution in [3.8, 4) is 0 Å². The summed E-state index contributed by atoms with van der Waals surface area (Å²) in [6, 6.07) is 0. The molecule has 0 fully saturated rings. The van der Waals surface area contributed by atoms with Gasteiger partial charge in [0.05, 0.1) is 56.8 Å². The van der Waals surface area contributed by atoms with Crippen molar-refractivity contribution in [2.75, 3.05) is 39.6 Å². The van der Waals surface area contributed by atoms with Crippen molar-refractivity contribution in [2.24, 2.45) is 0 Å². The lowest BCUT2D eigenvalue weighted by Crippen LogP contribution is -2.58. The van der Waals surface area contributed by atoms with E-state index in [2.05, 4.69) is 113 Å². The summed E-state index contributed by atoms with van der Waals surface area (Å²) in [5.74, 6) is 0. The van der Waals surface area contributed by atoms with Crippen molar-refractivity contribution < 1.29 is 39.8 Å². The van der Waals surface area contributed by atoms with E-state index in [0.29, 0.717) is 39.6 Å². The van der Waals surface area contributed by atoms with Crippen LogP contribution in [0.2, 0.25) is 78.6 Å². The Balaban J connectivity index is -0.000000822. The van der Waals surface area contributed by atoms with Crippen molar-refractivity contribution in [3.05, 3.63) is 72.9 Å². The molecule has 9 nitrogen and oxygen atoms in total. The van der Waals surface area contributed by atoms with Crippen LogP contribution in [0.4, 0.5) is 0 Å². The summed E-state index contributed by atoms with van der Waals surface area (Å²) in [5, 5.41) is 0. The van der Waals surface area contributed by atoms with Gasteiger partial charge in [-0.2, -0.15) is 0 Å². The fourth-order valence-corrected chi connectivity index (χ4v) is 29.9. The number of ether oxygens (including phenoxy) is 3. The molecule has 0 spiro atoms. The van der Waals surface area contributed by atoms with Crippen LogP contribution in [0.5, 0.6) is 0 Å². The molecule has 0 radical (unpaired) electrons. The van der Waals surface area contributed by atoms with Crippen molar-refractivity contribution in [1.29, 1.82) is 0 Å². The lowest BCUT2D eigenvalue weighted by Gasteiger charge is -2.41. The average Bonchev–Trinajstić information content (AvgIpc) is 3.05. The molecule has 0 aliphatic carbocycles. The molecule has 0 saturated carbocycles. The predicted molar refractivity (Wildman–Crippen MR) is 275 cm³/mol. The van der Waals surface area contributed by atoms with Gasteiger partial charge in [-0.05, 0) is 139 Å². The molecule has 0 heterocycles. The Kier molecular flexibility index (Phi) is 31.6. The molecular formula is C45H96O9Si6. The molecule has 0 aromatic rings. The van der Waals surface area contributed by atoms with Gasteiger partial charge in [0.1, 0.15) is 0 Å². The molecule has 0 aliphatic heterocycles. The minimum absolute atomic E-state index is 0.166. The molecule has 0 rings (SSSR count). The highest BCUT2D eigenvalue weighted by molar-refractivity contribution is 6.86. The number of hydrogen-bond donors (Lipinski definition) is 0. The van der Waals surface area contributed by atoms with Crippen LogP contribution in [0.15, 0.2) is 72.9 Å². The topological polar surface area (TPSA) is 83.1 Å². The van der Waals surface area contributed by atoms with Gasteiger partial charge in [0.15, 0.2) is 0 Å². The van der Waals surface area contributed by atoms with Gasteiger partial charge < -0.3 is 39.8 Å². The highest BCUT2D eigenvalue weighted by Gasteiger charge is 2.44. The Morgan fingerprint density at radius 1 is 0.333 bits per heavy atom. The second-order valence-electron chi connectivity index (χ2n) is 19.5. The summed E-state index contributed by atoms with van der Waals surface area (Å²) in [6.45, 7) is 70.9. The van der Waals surface area contributed by atoms with Crippen molar-refractivity contribution >= 4 is 50.6 Å². The zero-order chi connectivity index (χ0) is 47.9. The molecule has 0 amide bonds. The van der Waals surface area contributed by atoms with Gasteiger partial charge in [-0.15, -0.1) is 0 Å². The van der Waals surface area contributed by atoms with Crippen LogP contribution in [0.3, 0.4) is 0 Å². The van der Waals surface area contributed by atoms with Crippen LogP contribution in [0.25, 0.3) is 0 Å². The van der Waals surface area contributed by atoms with Crippen LogP contribution in [-0.2, 0) is 39.8 Å². The number of rotatable bonds is 30. The molecule has 0 N–H and O–H groups in total. The fourth-order valence-electron chi connectivity index (χ4n) is 6.24. The molecule has 15 heteroatoms. The molecule has 3 atom stereocenters. The normalized spacial score (nSPS) is 14.2. The van der Waals surface area contributed by atoms with Gasteiger partial charge in [0, 0.05) is 0 Å². The van der Waals surface area contributed by atoms with Crippen LogP contribution in [0.1, 0.15) is 81.6 Å². The first kappa shape index (κ1) is 63.7. The molecular weight excluding hydrogens is 853 g/mol. The zero-order valence-electron chi connectivity index (χ0n) is 43.0. The third kappa shape index (κ3) is 33.0. The third-order valence-electron chi connectivity index (χ3n) is 8.56. The lowest BCUT2D eigenvalue weighted by atomic mass is 10.4. The average molecular weight is 950 g/mol. The first-order chi connectivity index (χ1) is 27.0. The maximum atomic E-state index is 6.76. The Morgan fingerprint density at radius 3 is 0.733 bits per heavy atom. The van der Waals surface area contributed by atoms with E-state index in [1.54, 1.807) is 0 Å². The standard InChI is InChI=1S/C18H38O3Si2.C15H32O3Si2.C12H26O3Si2/c1-11-17(19-13-15(3)4)22(7,8)21-23(9,10)18(12-2)20-14-16(5)6;1-10-15(16-11-13(2)3)19(6,7)18-20(8,9)17-12-14(4)5;1-11(2)9-13-16(5,6)15-17(7,8)14-10-12(3)4/h17-18H,3,5,11-14H2,1-2,4,6-10H3;15H,2,4,10-12H2,1,3,5-9H3;1,3,9-10H2,2,4-8H3. The van der Waals surface area contributed by atoms with E-state index < -0.39 is 50.6 Å². The smallest absolute Gasteiger partial charge is 0.323 e.